The monoisotopic (exact) mass is 503 g/mol. The Balaban J connectivity index is 2.00. The van der Waals surface area contributed by atoms with Gasteiger partial charge in [0.05, 0.1) is 17.7 Å². The SMILES string of the molecule is CC(C)(C)OC(=O)N1CCCC(OC(c2cccc(C(F)(F)F)c2)C(F)(F)F)C1c1ccccc1. The molecule has 0 bridgehead atoms. The quantitative estimate of drug-likeness (QED) is 0.407. The summed E-state index contributed by atoms with van der Waals surface area (Å²) in [5, 5.41) is 0. The first-order valence-corrected chi connectivity index (χ1v) is 11.1. The second kappa shape index (κ2) is 10.1. The zero-order valence-corrected chi connectivity index (χ0v) is 19.5. The van der Waals surface area contributed by atoms with E-state index in [1.165, 1.54) is 4.90 Å². The van der Waals surface area contributed by atoms with Crippen LogP contribution in [0.15, 0.2) is 54.6 Å². The van der Waals surface area contributed by atoms with Crippen molar-refractivity contribution in [1.29, 1.82) is 0 Å². The predicted octanol–water partition coefficient (Wildman–Crippen LogP) is 7.47. The van der Waals surface area contributed by atoms with Gasteiger partial charge in [-0.15, -0.1) is 0 Å². The normalized spacial score (nSPS) is 20.4. The number of piperidine rings is 1. The minimum atomic E-state index is -4.99. The molecule has 192 valence electrons. The molecule has 3 atom stereocenters. The third kappa shape index (κ3) is 6.90. The van der Waals surface area contributed by atoms with E-state index in [0.717, 1.165) is 12.1 Å². The van der Waals surface area contributed by atoms with Gasteiger partial charge in [-0.05, 0) is 56.9 Å². The van der Waals surface area contributed by atoms with Crippen molar-refractivity contribution in [2.45, 2.75) is 69.8 Å². The lowest BCUT2D eigenvalue weighted by Gasteiger charge is -2.43. The molecule has 1 fully saturated rings. The third-order valence-corrected chi connectivity index (χ3v) is 5.47. The molecule has 1 saturated heterocycles. The highest BCUT2D eigenvalue weighted by Crippen LogP contribution is 2.43. The molecule has 2 aromatic rings. The van der Waals surface area contributed by atoms with Crippen molar-refractivity contribution in [3.8, 4) is 0 Å². The summed E-state index contributed by atoms with van der Waals surface area (Å²) in [6, 6.07) is 10.5. The maximum Gasteiger partial charge on any atom is 0.418 e. The van der Waals surface area contributed by atoms with Crippen molar-refractivity contribution in [3.05, 3.63) is 71.3 Å². The third-order valence-electron chi connectivity index (χ3n) is 5.47. The minimum absolute atomic E-state index is 0.171. The Kier molecular flexibility index (Phi) is 7.74. The number of benzene rings is 2. The van der Waals surface area contributed by atoms with Crippen LogP contribution in [-0.4, -0.2) is 35.4 Å². The van der Waals surface area contributed by atoms with Gasteiger partial charge in [-0.1, -0.05) is 42.5 Å². The number of likely N-dealkylation sites (tertiary alicyclic amines) is 1. The number of hydrogen-bond donors (Lipinski definition) is 0. The van der Waals surface area contributed by atoms with Crippen LogP contribution in [0.5, 0.6) is 0 Å². The minimum Gasteiger partial charge on any atom is -0.444 e. The first-order valence-electron chi connectivity index (χ1n) is 11.1. The number of ether oxygens (including phenoxy) is 2. The average molecular weight is 503 g/mol. The molecule has 1 aliphatic rings. The summed E-state index contributed by atoms with van der Waals surface area (Å²) in [4.78, 5) is 14.3. The van der Waals surface area contributed by atoms with E-state index in [1.54, 1.807) is 51.1 Å². The fourth-order valence-corrected chi connectivity index (χ4v) is 4.07. The van der Waals surface area contributed by atoms with Gasteiger partial charge < -0.3 is 9.47 Å². The number of alkyl halides is 6. The van der Waals surface area contributed by atoms with Crippen molar-refractivity contribution in [2.75, 3.05) is 6.54 Å². The summed E-state index contributed by atoms with van der Waals surface area (Å²) < 4.78 is 92.8. The Labute approximate surface area is 199 Å². The topological polar surface area (TPSA) is 38.8 Å². The lowest BCUT2D eigenvalue weighted by molar-refractivity contribution is -0.246. The maximum atomic E-state index is 14.1. The van der Waals surface area contributed by atoms with Crippen LogP contribution in [0.1, 0.15) is 62.4 Å². The molecule has 1 amide bonds. The van der Waals surface area contributed by atoms with Crippen molar-refractivity contribution >= 4 is 6.09 Å². The molecule has 0 radical (unpaired) electrons. The molecule has 4 nitrogen and oxygen atoms in total. The number of amides is 1. The summed E-state index contributed by atoms with van der Waals surface area (Å²) in [5.74, 6) is 0. The smallest absolute Gasteiger partial charge is 0.418 e. The van der Waals surface area contributed by atoms with Crippen LogP contribution in [0.25, 0.3) is 0 Å². The lowest BCUT2D eigenvalue weighted by atomic mass is 9.92. The zero-order chi connectivity index (χ0) is 26.0. The van der Waals surface area contributed by atoms with E-state index in [9.17, 15) is 31.1 Å². The van der Waals surface area contributed by atoms with E-state index < -0.39 is 53.4 Å². The number of halogens is 6. The van der Waals surface area contributed by atoms with Crippen LogP contribution in [0, 0.1) is 0 Å². The molecule has 0 spiro atoms. The Bertz CT molecular complexity index is 1000. The highest BCUT2D eigenvalue weighted by molar-refractivity contribution is 5.69. The molecular formula is C25H27F6NO3. The van der Waals surface area contributed by atoms with Gasteiger partial charge >= 0.3 is 18.4 Å². The molecule has 1 aliphatic heterocycles. The Morgan fingerprint density at radius 1 is 0.971 bits per heavy atom. The van der Waals surface area contributed by atoms with Crippen LogP contribution in [0.3, 0.4) is 0 Å². The summed E-state index contributed by atoms with van der Waals surface area (Å²) in [6.45, 7) is 5.25. The Morgan fingerprint density at radius 3 is 2.20 bits per heavy atom. The van der Waals surface area contributed by atoms with Crippen LogP contribution in [0.4, 0.5) is 31.1 Å². The molecule has 2 aromatic carbocycles. The molecular weight excluding hydrogens is 476 g/mol. The lowest BCUT2D eigenvalue weighted by Crippen LogP contribution is -2.48. The first kappa shape index (κ1) is 26.8. The van der Waals surface area contributed by atoms with Gasteiger partial charge in [-0.2, -0.15) is 26.3 Å². The van der Waals surface area contributed by atoms with Gasteiger partial charge in [0.25, 0.3) is 0 Å². The summed E-state index contributed by atoms with van der Waals surface area (Å²) in [6.07, 6.45) is -13.7. The average Bonchev–Trinajstić information content (AvgIpc) is 2.75. The first-order chi connectivity index (χ1) is 16.2. The van der Waals surface area contributed by atoms with Crippen LogP contribution in [-0.2, 0) is 15.7 Å². The zero-order valence-electron chi connectivity index (χ0n) is 19.5. The van der Waals surface area contributed by atoms with E-state index in [1.807, 2.05) is 0 Å². The second-order valence-electron chi connectivity index (χ2n) is 9.39. The van der Waals surface area contributed by atoms with E-state index in [0.29, 0.717) is 24.1 Å². The number of carbonyl (C=O) groups is 1. The molecule has 35 heavy (non-hydrogen) atoms. The fourth-order valence-electron chi connectivity index (χ4n) is 4.07. The summed E-state index contributed by atoms with van der Waals surface area (Å²) >= 11 is 0. The molecule has 0 N–H and O–H groups in total. The number of hydrogen-bond acceptors (Lipinski definition) is 3. The molecule has 0 saturated carbocycles. The van der Waals surface area contributed by atoms with Gasteiger partial charge in [0, 0.05) is 6.54 Å². The van der Waals surface area contributed by atoms with Gasteiger partial charge in [-0.3, -0.25) is 4.90 Å². The van der Waals surface area contributed by atoms with E-state index in [-0.39, 0.29) is 13.0 Å². The van der Waals surface area contributed by atoms with E-state index in [4.69, 9.17) is 9.47 Å². The summed E-state index contributed by atoms with van der Waals surface area (Å²) in [5.41, 5.74) is -2.16. The predicted molar refractivity (Wildman–Crippen MR) is 116 cm³/mol. The van der Waals surface area contributed by atoms with Crippen molar-refractivity contribution in [1.82, 2.24) is 4.90 Å². The molecule has 10 heteroatoms. The van der Waals surface area contributed by atoms with Gasteiger partial charge in [-0.25, -0.2) is 4.79 Å². The number of rotatable bonds is 4. The van der Waals surface area contributed by atoms with E-state index in [2.05, 4.69) is 0 Å². The second-order valence-corrected chi connectivity index (χ2v) is 9.39. The number of carbonyl (C=O) groups excluding carboxylic acids is 1. The molecule has 0 aliphatic carbocycles. The molecule has 3 rings (SSSR count). The van der Waals surface area contributed by atoms with Crippen molar-refractivity contribution in [2.24, 2.45) is 0 Å². The van der Waals surface area contributed by atoms with Crippen molar-refractivity contribution in [3.63, 3.8) is 0 Å². The highest BCUT2D eigenvalue weighted by atomic mass is 19.4. The van der Waals surface area contributed by atoms with Gasteiger partial charge in [0.2, 0.25) is 0 Å². The van der Waals surface area contributed by atoms with Crippen LogP contribution < -0.4 is 0 Å². The maximum absolute atomic E-state index is 14.1. The van der Waals surface area contributed by atoms with Gasteiger partial charge in [0.15, 0.2) is 6.10 Å². The van der Waals surface area contributed by atoms with Crippen molar-refractivity contribution < 1.29 is 40.6 Å². The standard InChI is InChI=1S/C25H27F6NO3/c1-23(2,3)35-22(33)32-14-8-13-19(20(32)16-9-5-4-6-10-16)34-21(25(29,30)31)17-11-7-12-18(15-17)24(26,27)28/h4-7,9-12,15,19-21H,8,13-14H2,1-3H3. The Morgan fingerprint density at radius 2 is 1.63 bits per heavy atom. The molecule has 1 heterocycles. The Hall–Kier alpha value is -2.75. The number of nitrogens with zero attached hydrogens (tertiary/aromatic N) is 1. The van der Waals surface area contributed by atoms with Crippen LogP contribution in [0.2, 0.25) is 0 Å². The molecule has 0 aromatic heterocycles. The molecule has 3 unspecified atom stereocenters. The highest BCUT2D eigenvalue weighted by Gasteiger charge is 2.47. The van der Waals surface area contributed by atoms with E-state index >= 15 is 0 Å². The fraction of sp³-hybridized carbons (Fsp3) is 0.480. The largest absolute Gasteiger partial charge is 0.444 e. The van der Waals surface area contributed by atoms with Gasteiger partial charge in [0.1, 0.15) is 5.60 Å². The summed E-state index contributed by atoms with van der Waals surface area (Å²) in [7, 11) is 0. The van der Waals surface area contributed by atoms with Crippen LogP contribution >= 0.6 is 0 Å².